The average molecular weight is 273 g/mol. The Balaban J connectivity index is 1.76. The second kappa shape index (κ2) is 5.77. The van der Waals surface area contributed by atoms with E-state index in [9.17, 15) is 0 Å². The summed E-state index contributed by atoms with van der Waals surface area (Å²) in [6.07, 6.45) is 5.99. The predicted octanol–water partition coefficient (Wildman–Crippen LogP) is 4.17. The topological polar surface area (TPSA) is 21.3 Å². The van der Waals surface area contributed by atoms with Crippen LogP contribution in [0.1, 0.15) is 51.1 Å². The molecule has 0 amide bonds. The zero-order valence-corrected chi connectivity index (χ0v) is 12.9. The second-order valence-corrected chi connectivity index (χ2v) is 6.69. The summed E-state index contributed by atoms with van der Waals surface area (Å²) in [6, 6.07) is 9.17. The molecule has 2 aliphatic rings. The van der Waals surface area contributed by atoms with Crippen LogP contribution in [0.5, 0.6) is 5.75 Å². The standard InChI is InChI=1S/C18H27NO/c1-12(2)20-14-8-6-7-13(11-14)18(19-3)17-15-9-4-5-10-16(15)17/h6-8,11-12,15-19H,4-5,9-10H2,1-3H3. The molecule has 0 aliphatic heterocycles. The van der Waals surface area contributed by atoms with Crippen LogP contribution in [0.15, 0.2) is 24.3 Å². The van der Waals surface area contributed by atoms with E-state index >= 15 is 0 Å². The smallest absolute Gasteiger partial charge is 0.120 e. The molecular formula is C18H27NO. The first-order valence-corrected chi connectivity index (χ1v) is 8.14. The van der Waals surface area contributed by atoms with E-state index in [2.05, 4.69) is 50.5 Å². The third-order valence-electron chi connectivity index (χ3n) is 5.01. The Morgan fingerprint density at radius 1 is 1.15 bits per heavy atom. The van der Waals surface area contributed by atoms with Crippen molar-refractivity contribution in [3.63, 3.8) is 0 Å². The minimum atomic E-state index is 0.238. The summed E-state index contributed by atoms with van der Waals surface area (Å²) < 4.78 is 5.84. The number of rotatable bonds is 5. The molecule has 0 saturated heterocycles. The molecule has 1 N–H and O–H groups in total. The summed E-state index contributed by atoms with van der Waals surface area (Å²) in [5, 5.41) is 3.56. The van der Waals surface area contributed by atoms with Gasteiger partial charge in [0, 0.05) is 6.04 Å². The van der Waals surface area contributed by atoms with Crippen LogP contribution in [0, 0.1) is 17.8 Å². The summed E-state index contributed by atoms with van der Waals surface area (Å²) in [5.74, 6) is 3.78. The SMILES string of the molecule is CNC(c1cccc(OC(C)C)c1)C1C2CCCCC21. The fourth-order valence-electron chi connectivity index (χ4n) is 4.18. The van der Waals surface area contributed by atoms with Crippen molar-refractivity contribution in [2.45, 2.75) is 51.7 Å². The lowest BCUT2D eigenvalue weighted by Crippen LogP contribution is -2.20. The zero-order chi connectivity index (χ0) is 14.1. The third kappa shape index (κ3) is 2.71. The van der Waals surface area contributed by atoms with Crippen molar-refractivity contribution in [2.75, 3.05) is 7.05 Å². The summed E-state index contributed by atoms with van der Waals surface area (Å²) in [7, 11) is 2.10. The molecule has 1 aromatic rings. The van der Waals surface area contributed by atoms with E-state index in [0.29, 0.717) is 6.04 Å². The van der Waals surface area contributed by atoms with Gasteiger partial charge in [-0.05, 0) is 69.2 Å². The summed E-state index contributed by atoms with van der Waals surface area (Å²) in [5.41, 5.74) is 1.39. The molecule has 20 heavy (non-hydrogen) atoms. The molecule has 0 radical (unpaired) electrons. The Morgan fingerprint density at radius 2 is 1.85 bits per heavy atom. The van der Waals surface area contributed by atoms with Gasteiger partial charge >= 0.3 is 0 Å². The quantitative estimate of drug-likeness (QED) is 0.869. The lowest BCUT2D eigenvalue weighted by atomic mass is 10.00. The normalized spacial score (nSPS) is 29.9. The van der Waals surface area contributed by atoms with Crippen molar-refractivity contribution in [3.05, 3.63) is 29.8 Å². The highest BCUT2D eigenvalue weighted by molar-refractivity contribution is 5.32. The van der Waals surface area contributed by atoms with Gasteiger partial charge in [0.15, 0.2) is 0 Å². The predicted molar refractivity (Wildman–Crippen MR) is 82.9 cm³/mol. The number of benzene rings is 1. The van der Waals surface area contributed by atoms with E-state index < -0.39 is 0 Å². The van der Waals surface area contributed by atoms with Gasteiger partial charge in [-0.2, -0.15) is 0 Å². The van der Waals surface area contributed by atoms with Crippen LogP contribution in [-0.4, -0.2) is 13.2 Å². The number of ether oxygens (including phenoxy) is 1. The van der Waals surface area contributed by atoms with E-state index in [1.54, 1.807) is 0 Å². The molecule has 1 aromatic carbocycles. The maximum atomic E-state index is 5.84. The van der Waals surface area contributed by atoms with Gasteiger partial charge in [0.05, 0.1) is 6.10 Å². The Hall–Kier alpha value is -1.02. The number of fused-ring (bicyclic) bond motifs is 1. The highest BCUT2D eigenvalue weighted by Gasteiger charge is 2.53. The maximum absolute atomic E-state index is 5.84. The number of nitrogens with one attached hydrogen (secondary N) is 1. The molecule has 2 saturated carbocycles. The zero-order valence-electron chi connectivity index (χ0n) is 12.9. The first kappa shape index (κ1) is 13.9. The van der Waals surface area contributed by atoms with Gasteiger partial charge in [0.2, 0.25) is 0 Å². The third-order valence-corrected chi connectivity index (χ3v) is 5.01. The summed E-state index contributed by atoms with van der Waals surface area (Å²) in [6.45, 7) is 4.16. The summed E-state index contributed by atoms with van der Waals surface area (Å²) in [4.78, 5) is 0. The van der Waals surface area contributed by atoms with Crippen molar-refractivity contribution in [1.82, 2.24) is 5.32 Å². The minimum Gasteiger partial charge on any atom is -0.491 e. The van der Waals surface area contributed by atoms with Crippen LogP contribution >= 0.6 is 0 Å². The summed E-state index contributed by atoms with van der Waals surface area (Å²) >= 11 is 0. The first-order valence-electron chi connectivity index (χ1n) is 8.14. The molecule has 2 nitrogen and oxygen atoms in total. The van der Waals surface area contributed by atoms with E-state index in [0.717, 1.165) is 23.5 Å². The Kier molecular flexibility index (Phi) is 4.02. The molecule has 2 fully saturated rings. The fraction of sp³-hybridized carbons (Fsp3) is 0.667. The number of hydrogen-bond acceptors (Lipinski definition) is 2. The molecule has 0 heterocycles. The molecular weight excluding hydrogens is 246 g/mol. The second-order valence-electron chi connectivity index (χ2n) is 6.69. The van der Waals surface area contributed by atoms with E-state index in [1.165, 1.54) is 31.2 Å². The van der Waals surface area contributed by atoms with Crippen molar-refractivity contribution in [2.24, 2.45) is 17.8 Å². The Bertz CT molecular complexity index is 444. The highest BCUT2D eigenvalue weighted by Crippen LogP contribution is 2.60. The molecule has 3 rings (SSSR count). The highest BCUT2D eigenvalue weighted by atomic mass is 16.5. The molecule has 110 valence electrons. The lowest BCUT2D eigenvalue weighted by Gasteiger charge is -2.19. The molecule has 3 unspecified atom stereocenters. The van der Waals surface area contributed by atoms with Crippen LogP contribution in [0.2, 0.25) is 0 Å². The van der Waals surface area contributed by atoms with Crippen LogP contribution in [0.4, 0.5) is 0 Å². The monoisotopic (exact) mass is 273 g/mol. The van der Waals surface area contributed by atoms with Gasteiger partial charge in [0.1, 0.15) is 5.75 Å². The van der Waals surface area contributed by atoms with Gasteiger partial charge in [0.25, 0.3) is 0 Å². The molecule has 0 spiro atoms. The molecule has 3 atom stereocenters. The maximum Gasteiger partial charge on any atom is 0.120 e. The first-order chi connectivity index (χ1) is 9.70. The van der Waals surface area contributed by atoms with Crippen LogP contribution in [0.3, 0.4) is 0 Å². The minimum absolute atomic E-state index is 0.238. The average Bonchev–Trinajstić information content (AvgIpc) is 3.14. The largest absolute Gasteiger partial charge is 0.491 e. The molecule has 2 aliphatic carbocycles. The van der Waals surface area contributed by atoms with E-state index in [-0.39, 0.29) is 6.10 Å². The van der Waals surface area contributed by atoms with Gasteiger partial charge < -0.3 is 10.1 Å². The van der Waals surface area contributed by atoms with Gasteiger partial charge in [-0.15, -0.1) is 0 Å². The molecule has 2 heteroatoms. The van der Waals surface area contributed by atoms with E-state index in [4.69, 9.17) is 4.74 Å². The Morgan fingerprint density at radius 3 is 2.45 bits per heavy atom. The van der Waals surface area contributed by atoms with Crippen molar-refractivity contribution in [3.8, 4) is 5.75 Å². The van der Waals surface area contributed by atoms with Crippen molar-refractivity contribution >= 4 is 0 Å². The van der Waals surface area contributed by atoms with Gasteiger partial charge in [-0.25, -0.2) is 0 Å². The van der Waals surface area contributed by atoms with Gasteiger partial charge in [-0.1, -0.05) is 25.0 Å². The molecule has 0 aromatic heterocycles. The Labute approximate surface area is 122 Å². The molecule has 0 bridgehead atoms. The fourth-order valence-corrected chi connectivity index (χ4v) is 4.18. The van der Waals surface area contributed by atoms with Crippen molar-refractivity contribution in [1.29, 1.82) is 0 Å². The van der Waals surface area contributed by atoms with E-state index in [1.807, 2.05) is 0 Å². The lowest BCUT2D eigenvalue weighted by molar-refractivity contribution is 0.242. The number of hydrogen-bond donors (Lipinski definition) is 1. The van der Waals surface area contributed by atoms with Crippen LogP contribution in [-0.2, 0) is 0 Å². The van der Waals surface area contributed by atoms with Crippen LogP contribution < -0.4 is 10.1 Å². The van der Waals surface area contributed by atoms with Crippen LogP contribution in [0.25, 0.3) is 0 Å². The van der Waals surface area contributed by atoms with Gasteiger partial charge in [-0.3, -0.25) is 0 Å². The van der Waals surface area contributed by atoms with Crippen molar-refractivity contribution < 1.29 is 4.74 Å².